The molecular weight excluding hydrogens is 452 g/mol. The first-order valence-corrected chi connectivity index (χ1v) is 11.2. The van der Waals surface area contributed by atoms with Gasteiger partial charge in [-0.05, 0) is 30.3 Å². The number of anilines is 2. The number of nitrogens with zero attached hydrogens (tertiary/aromatic N) is 3. The highest BCUT2D eigenvalue weighted by molar-refractivity contribution is 8.01. The van der Waals surface area contributed by atoms with Crippen LogP contribution in [0.1, 0.15) is 5.76 Å². The van der Waals surface area contributed by atoms with Crippen molar-refractivity contribution in [2.24, 2.45) is 0 Å². The first-order chi connectivity index (χ1) is 14.6. The summed E-state index contributed by atoms with van der Waals surface area (Å²) in [6.45, 7) is 0.497. The molecule has 0 spiro atoms. The summed E-state index contributed by atoms with van der Waals surface area (Å²) < 4.78 is 32.3. The molecule has 12 heteroatoms. The zero-order valence-corrected chi connectivity index (χ0v) is 17.5. The summed E-state index contributed by atoms with van der Waals surface area (Å²) in [5.41, 5.74) is 0.890. The Kier molecular flexibility index (Phi) is 6.35. The fraction of sp³-hybridized carbons (Fsp3) is 0.111. The molecule has 0 aliphatic heterocycles. The summed E-state index contributed by atoms with van der Waals surface area (Å²) >= 11 is 3.79. The van der Waals surface area contributed by atoms with Crippen LogP contribution < -0.4 is 10.6 Å². The van der Waals surface area contributed by atoms with E-state index in [4.69, 9.17) is 4.42 Å². The van der Waals surface area contributed by atoms with Crippen molar-refractivity contribution in [1.29, 1.82) is 0 Å². The van der Waals surface area contributed by atoms with Gasteiger partial charge in [0, 0.05) is 10.9 Å². The van der Waals surface area contributed by atoms with Crippen LogP contribution in [-0.2, 0) is 11.3 Å². The van der Waals surface area contributed by atoms with Gasteiger partial charge >= 0.3 is 0 Å². The predicted octanol–water partition coefficient (Wildman–Crippen LogP) is 4.88. The molecule has 4 aromatic rings. The number of hydrogen-bond acceptors (Lipinski definition) is 9. The molecule has 3 aromatic heterocycles. The average Bonchev–Trinajstić information content (AvgIpc) is 3.49. The molecule has 0 aliphatic rings. The second-order valence-corrected chi connectivity index (χ2v) is 8.87. The highest BCUT2D eigenvalue weighted by Crippen LogP contribution is 2.28. The van der Waals surface area contributed by atoms with Crippen molar-refractivity contribution < 1.29 is 18.0 Å². The maximum atomic E-state index is 13.4. The molecule has 0 aliphatic carbocycles. The summed E-state index contributed by atoms with van der Waals surface area (Å²) in [7, 11) is 0. The fourth-order valence-electron chi connectivity index (χ4n) is 2.32. The lowest BCUT2D eigenvalue weighted by Crippen LogP contribution is -2.13. The number of hydrogen-bond donors (Lipinski definition) is 2. The number of thioether (sulfide) groups is 1. The van der Waals surface area contributed by atoms with E-state index in [9.17, 15) is 13.6 Å². The monoisotopic (exact) mass is 465 g/mol. The summed E-state index contributed by atoms with van der Waals surface area (Å²) in [4.78, 5) is 16.4. The highest BCUT2D eigenvalue weighted by Gasteiger charge is 2.12. The molecule has 30 heavy (non-hydrogen) atoms. The van der Waals surface area contributed by atoms with Crippen molar-refractivity contribution in [3.63, 3.8) is 0 Å². The number of furan rings is 1. The third-order valence-corrected chi connectivity index (χ3v) is 6.47. The Labute approximate surface area is 181 Å². The van der Waals surface area contributed by atoms with Crippen molar-refractivity contribution in [3.05, 3.63) is 59.4 Å². The van der Waals surface area contributed by atoms with E-state index in [1.165, 1.54) is 40.5 Å². The molecule has 3 heterocycles. The first-order valence-electron chi connectivity index (χ1n) is 8.50. The van der Waals surface area contributed by atoms with Gasteiger partial charge in [-0.2, -0.15) is 0 Å². The molecule has 7 nitrogen and oxygen atoms in total. The van der Waals surface area contributed by atoms with Crippen LogP contribution in [0.4, 0.5) is 19.0 Å². The van der Waals surface area contributed by atoms with E-state index in [-0.39, 0.29) is 11.7 Å². The van der Waals surface area contributed by atoms with Crippen molar-refractivity contribution in [1.82, 2.24) is 15.2 Å². The quantitative estimate of drug-likeness (QED) is 0.359. The molecule has 1 amide bonds. The van der Waals surface area contributed by atoms with Gasteiger partial charge in [-0.15, -0.1) is 21.5 Å². The van der Waals surface area contributed by atoms with Gasteiger partial charge in [0.15, 0.2) is 21.1 Å². The van der Waals surface area contributed by atoms with Crippen molar-refractivity contribution >= 4 is 50.6 Å². The van der Waals surface area contributed by atoms with E-state index in [1.54, 1.807) is 17.7 Å². The van der Waals surface area contributed by atoms with Crippen LogP contribution in [0.15, 0.2) is 50.7 Å². The normalized spacial score (nSPS) is 10.9. The Morgan fingerprint density at radius 3 is 2.87 bits per heavy atom. The highest BCUT2D eigenvalue weighted by atomic mass is 32.2. The summed E-state index contributed by atoms with van der Waals surface area (Å²) in [6, 6.07) is 7.20. The number of amides is 1. The molecule has 0 bridgehead atoms. The van der Waals surface area contributed by atoms with Crippen LogP contribution in [0.3, 0.4) is 0 Å². The van der Waals surface area contributed by atoms with Gasteiger partial charge in [0.05, 0.1) is 24.3 Å². The maximum Gasteiger partial charge on any atom is 0.236 e. The topological polar surface area (TPSA) is 92.9 Å². The number of thiazole rings is 1. The molecule has 0 atom stereocenters. The van der Waals surface area contributed by atoms with E-state index in [0.717, 1.165) is 17.9 Å². The third kappa shape index (κ3) is 5.20. The third-order valence-electron chi connectivity index (χ3n) is 3.69. The Balaban J connectivity index is 1.27. The zero-order valence-electron chi connectivity index (χ0n) is 15.1. The summed E-state index contributed by atoms with van der Waals surface area (Å²) in [5.74, 6) is -1.21. The van der Waals surface area contributed by atoms with E-state index in [0.29, 0.717) is 32.4 Å². The Morgan fingerprint density at radius 1 is 1.17 bits per heavy atom. The molecule has 154 valence electrons. The van der Waals surface area contributed by atoms with Gasteiger partial charge in [-0.1, -0.05) is 23.1 Å². The van der Waals surface area contributed by atoms with E-state index >= 15 is 0 Å². The smallest absolute Gasteiger partial charge is 0.236 e. The van der Waals surface area contributed by atoms with Crippen LogP contribution in [0.25, 0.3) is 11.3 Å². The zero-order chi connectivity index (χ0) is 20.9. The largest absolute Gasteiger partial charge is 0.467 e. The minimum absolute atomic E-state index is 0.132. The first kappa shape index (κ1) is 20.4. The lowest BCUT2D eigenvalue weighted by Gasteiger charge is -2.00. The summed E-state index contributed by atoms with van der Waals surface area (Å²) in [6.07, 6.45) is 1.60. The lowest BCUT2D eigenvalue weighted by molar-refractivity contribution is -0.113. The number of aromatic nitrogens is 3. The van der Waals surface area contributed by atoms with Crippen LogP contribution in [-0.4, -0.2) is 26.8 Å². The molecule has 0 saturated heterocycles. The fourth-order valence-corrected chi connectivity index (χ4v) is 4.60. The van der Waals surface area contributed by atoms with E-state index < -0.39 is 11.6 Å². The Morgan fingerprint density at radius 2 is 2.07 bits per heavy atom. The molecule has 4 rings (SSSR count). The minimum Gasteiger partial charge on any atom is -0.467 e. The molecule has 0 saturated carbocycles. The van der Waals surface area contributed by atoms with Crippen molar-refractivity contribution in [2.45, 2.75) is 10.9 Å². The van der Waals surface area contributed by atoms with Gasteiger partial charge in [0.25, 0.3) is 0 Å². The standard InChI is InChI=1S/C18H13F2N5O2S3/c19-12-4-3-10(6-13(12)20)14-8-28-17(22-14)23-15(26)9-29-18-25-24-16(30-18)21-7-11-2-1-5-27-11/h1-6,8H,7,9H2,(H,21,24)(H,22,23,26). The predicted molar refractivity (Wildman–Crippen MR) is 113 cm³/mol. The number of nitrogens with one attached hydrogen (secondary N) is 2. The molecular formula is C18H13F2N5O2S3. The Hall–Kier alpha value is -2.83. The number of benzene rings is 1. The van der Waals surface area contributed by atoms with E-state index in [2.05, 4.69) is 25.8 Å². The lowest BCUT2D eigenvalue weighted by atomic mass is 10.2. The molecule has 1 aromatic carbocycles. The number of carbonyl (C=O) groups excluding carboxylic acids is 1. The number of rotatable bonds is 8. The summed E-state index contributed by atoms with van der Waals surface area (Å²) in [5, 5.41) is 16.5. The van der Waals surface area contributed by atoms with Gasteiger partial charge in [0.1, 0.15) is 5.76 Å². The van der Waals surface area contributed by atoms with Crippen LogP contribution in [0.2, 0.25) is 0 Å². The van der Waals surface area contributed by atoms with Crippen LogP contribution >= 0.6 is 34.4 Å². The minimum atomic E-state index is -0.947. The SMILES string of the molecule is O=C(CSc1nnc(NCc2ccco2)s1)Nc1nc(-c2ccc(F)c(F)c2)cs1. The molecule has 0 fully saturated rings. The van der Waals surface area contributed by atoms with Gasteiger partial charge in [-0.25, -0.2) is 13.8 Å². The van der Waals surface area contributed by atoms with Gasteiger partial charge in [0.2, 0.25) is 11.0 Å². The van der Waals surface area contributed by atoms with Gasteiger partial charge in [-0.3, -0.25) is 4.79 Å². The second kappa shape index (κ2) is 9.32. The van der Waals surface area contributed by atoms with E-state index in [1.807, 2.05) is 6.07 Å². The average molecular weight is 466 g/mol. The number of halogens is 2. The number of carbonyl (C=O) groups is 1. The van der Waals surface area contributed by atoms with Crippen molar-refractivity contribution in [2.75, 3.05) is 16.4 Å². The molecule has 0 unspecified atom stereocenters. The Bertz CT molecular complexity index is 1150. The van der Waals surface area contributed by atoms with Gasteiger partial charge < -0.3 is 15.1 Å². The van der Waals surface area contributed by atoms with Crippen LogP contribution in [0.5, 0.6) is 0 Å². The molecule has 2 N–H and O–H groups in total. The van der Waals surface area contributed by atoms with Crippen LogP contribution in [0, 0.1) is 11.6 Å². The van der Waals surface area contributed by atoms with Crippen molar-refractivity contribution in [3.8, 4) is 11.3 Å². The second-order valence-electron chi connectivity index (χ2n) is 5.81. The molecule has 0 radical (unpaired) electrons. The maximum absolute atomic E-state index is 13.4.